The molecule has 0 aliphatic rings. The Hall–Kier alpha value is -0.650. The average Bonchev–Trinajstić information content (AvgIpc) is 2.72. The molecule has 0 aliphatic heterocycles. The van der Waals surface area contributed by atoms with Crippen molar-refractivity contribution in [3.8, 4) is 11.3 Å². The van der Waals surface area contributed by atoms with Crippen LogP contribution in [0.1, 0.15) is 26.5 Å². The second kappa shape index (κ2) is 5.77. The lowest BCUT2D eigenvalue weighted by Crippen LogP contribution is -2.35. The molecular formula is C14H16Br2N2O. The molecule has 2 rings (SSSR count). The van der Waals surface area contributed by atoms with Crippen molar-refractivity contribution in [2.45, 2.75) is 32.9 Å². The van der Waals surface area contributed by atoms with E-state index < -0.39 is 0 Å². The monoisotopic (exact) mass is 386 g/mol. The van der Waals surface area contributed by atoms with E-state index in [9.17, 15) is 0 Å². The third-order valence-electron chi connectivity index (χ3n) is 2.55. The first-order chi connectivity index (χ1) is 8.85. The zero-order valence-electron chi connectivity index (χ0n) is 11.1. The highest BCUT2D eigenvalue weighted by atomic mass is 79.9. The summed E-state index contributed by atoms with van der Waals surface area (Å²) in [7, 11) is 0. The summed E-state index contributed by atoms with van der Waals surface area (Å²) in [5, 5.41) is 3.42. The summed E-state index contributed by atoms with van der Waals surface area (Å²) in [5.74, 6) is 0.804. The Morgan fingerprint density at radius 3 is 2.37 bits per heavy atom. The number of hydrogen-bond acceptors (Lipinski definition) is 3. The fourth-order valence-corrected chi connectivity index (χ4v) is 2.96. The molecule has 102 valence electrons. The van der Waals surface area contributed by atoms with Crippen molar-refractivity contribution < 1.29 is 4.42 Å². The van der Waals surface area contributed by atoms with E-state index >= 15 is 0 Å². The van der Waals surface area contributed by atoms with Crippen molar-refractivity contribution in [1.29, 1.82) is 0 Å². The summed E-state index contributed by atoms with van der Waals surface area (Å²) in [5.41, 5.74) is 1.97. The summed E-state index contributed by atoms with van der Waals surface area (Å²) in [6, 6.07) is 6.03. The van der Waals surface area contributed by atoms with Gasteiger partial charge >= 0.3 is 0 Å². The van der Waals surface area contributed by atoms with Crippen LogP contribution in [0.2, 0.25) is 0 Å². The third kappa shape index (κ3) is 4.16. The Balaban J connectivity index is 2.28. The van der Waals surface area contributed by atoms with Gasteiger partial charge in [0.25, 0.3) is 0 Å². The first kappa shape index (κ1) is 14.8. The van der Waals surface area contributed by atoms with E-state index in [2.05, 4.69) is 62.9 Å². The number of hydrogen-bond donors (Lipinski definition) is 1. The number of rotatable bonds is 3. The second-order valence-electron chi connectivity index (χ2n) is 5.39. The van der Waals surface area contributed by atoms with Crippen LogP contribution in [0, 0.1) is 0 Å². The van der Waals surface area contributed by atoms with Gasteiger partial charge in [-0.25, -0.2) is 4.98 Å². The van der Waals surface area contributed by atoms with E-state index in [1.165, 1.54) is 6.39 Å². The minimum absolute atomic E-state index is 0.0497. The van der Waals surface area contributed by atoms with Crippen molar-refractivity contribution >= 4 is 31.9 Å². The standard InChI is InChI=1S/C14H16Br2N2O/c1-14(2,3)18-7-12-13(19-8-17-12)9-4-10(15)6-11(16)5-9/h4-6,8,18H,7H2,1-3H3. The van der Waals surface area contributed by atoms with Gasteiger partial charge in [-0.2, -0.15) is 0 Å². The first-order valence-electron chi connectivity index (χ1n) is 5.99. The van der Waals surface area contributed by atoms with Crippen LogP contribution in [0.25, 0.3) is 11.3 Å². The fourth-order valence-electron chi connectivity index (χ4n) is 1.66. The number of benzene rings is 1. The molecule has 1 N–H and O–H groups in total. The molecule has 0 atom stereocenters. The third-order valence-corrected chi connectivity index (χ3v) is 3.47. The maximum Gasteiger partial charge on any atom is 0.181 e. The van der Waals surface area contributed by atoms with Gasteiger partial charge in [0, 0.05) is 26.6 Å². The predicted octanol–water partition coefficient (Wildman–Crippen LogP) is 4.75. The maximum atomic E-state index is 5.53. The highest BCUT2D eigenvalue weighted by Gasteiger charge is 2.15. The number of nitrogens with zero attached hydrogens (tertiary/aromatic N) is 1. The molecule has 0 aliphatic carbocycles. The van der Waals surface area contributed by atoms with Crippen LogP contribution in [0.15, 0.2) is 38.0 Å². The quantitative estimate of drug-likeness (QED) is 0.825. The minimum Gasteiger partial charge on any atom is -0.443 e. The fraction of sp³-hybridized carbons (Fsp3) is 0.357. The van der Waals surface area contributed by atoms with Crippen molar-refractivity contribution in [3.63, 3.8) is 0 Å². The molecular weight excluding hydrogens is 372 g/mol. The number of aromatic nitrogens is 1. The highest BCUT2D eigenvalue weighted by Crippen LogP contribution is 2.29. The molecule has 0 bridgehead atoms. The Labute approximate surface area is 130 Å². The molecule has 19 heavy (non-hydrogen) atoms. The van der Waals surface area contributed by atoms with Crippen LogP contribution in [-0.2, 0) is 6.54 Å². The SMILES string of the molecule is CC(C)(C)NCc1ncoc1-c1cc(Br)cc(Br)c1. The van der Waals surface area contributed by atoms with E-state index in [0.29, 0.717) is 6.54 Å². The summed E-state index contributed by atoms with van der Waals surface area (Å²) in [6.07, 6.45) is 1.49. The van der Waals surface area contributed by atoms with Gasteiger partial charge in [0.1, 0.15) is 5.69 Å². The van der Waals surface area contributed by atoms with Crippen molar-refractivity contribution in [1.82, 2.24) is 10.3 Å². The molecule has 0 amide bonds. The largest absolute Gasteiger partial charge is 0.443 e. The van der Waals surface area contributed by atoms with Crippen molar-refractivity contribution in [2.24, 2.45) is 0 Å². The highest BCUT2D eigenvalue weighted by molar-refractivity contribution is 9.11. The zero-order chi connectivity index (χ0) is 14.0. The normalized spacial score (nSPS) is 11.8. The van der Waals surface area contributed by atoms with Gasteiger partial charge in [-0.15, -0.1) is 0 Å². The molecule has 0 spiro atoms. The summed E-state index contributed by atoms with van der Waals surface area (Å²) >= 11 is 6.97. The molecule has 0 radical (unpaired) electrons. The van der Waals surface area contributed by atoms with E-state index in [0.717, 1.165) is 26.0 Å². The molecule has 0 saturated carbocycles. The molecule has 0 saturated heterocycles. The summed E-state index contributed by atoms with van der Waals surface area (Å²) < 4.78 is 7.54. The van der Waals surface area contributed by atoms with Crippen molar-refractivity contribution in [3.05, 3.63) is 39.2 Å². The van der Waals surface area contributed by atoms with E-state index in [4.69, 9.17) is 4.42 Å². The number of oxazole rings is 1. The maximum absolute atomic E-state index is 5.53. The Kier molecular flexibility index (Phi) is 4.48. The van der Waals surface area contributed by atoms with Gasteiger partial charge in [-0.3, -0.25) is 0 Å². The molecule has 1 aromatic heterocycles. The van der Waals surface area contributed by atoms with Gasteiger partial charge in [-0.1, -0.05) is 31.9 Å². The lowest BCUT2D eigenvalue weighted by atomic mass is 10.1. The van der Waals surface area contributed by atoms with Gasteiger partial charge in [0.15, 0.2) is 12.2 Å². The summed E-state index contributed by atoms with van der Waals surface area (Å²) in [6.45, 7) is 7.06. The summed E-state index contributed by atoms with van der Waals surface area (Å²) in [4.78, 5) is 4.30. The first-order valence-corrected chi connectivity index (χ1v) is 7.57. The Morgan fingerprint density at radius 2 is 1.79 bits per heavy atom. The number of halogens is 2. The van der Waals surface area contributed by atoms with Crippen LogP contribution in [0.3, 0.4) is 0 Å². The van der Waals surface area contributed by atoms with Gasteiger partial charge in [-0.05, 0) is 39.0 Å². The van der Waals surface area contributed by atoms with Gasteiger partial charge in [0.05, 0.1) is 0 Å². The van der Waals surface area contributed by atoms with Crippen LogP contribution in [0.4, 0.5) is 0 Å². The molecule has 2 aromatic rings. The van der Waals surface area contributed by atoms with E-state index in [1.807, 2.05) is 18.2 Å². The Bertz CT molecular complexity index is 553. The smallest absolute Gasteiger partial charge is 0.181 e. The van der Waals surface area contributed by atoms with Crippen LogP contribution < -0.4 is 5.32 Å². The molecule has 0 fully saturated rings. The molecule has 5 heteroatoms. The van der Waals surface area contributed by atoms with Crippen LogP contribution in [-0.4, -0.2) is 10.5 Å². The van der Waals surface area contributed by atoms with E-state index in [-0.39, 0.29) is 5.54 Å². The van der Waals surface area contributed by atoms with Crippen LogP contribution in [0.5, 0.6) is 0 Å². The molecule has 1 aromatic carbocycles. The van der Waals surface area contributed by atoms with Gasteiger partial charge < -0.3 is 9.73 Å². The Morgan fingerprint density at radius 1 is 1.16 bits per heavy atom. The number of nitrogens with one attached hydrogen (secondary N) is 1. The lowest BCUT2D eigenvalue weighted by Gasteiger charge is -2.19. The predicted molar refractivity (Wildman–Crippen MR) is 83.9 cm³/mol. The second-order valence-corrected chi connectivity index (χ2v) is 7.22. The van der Waals surface area contributed by atoms with E-state index in [1.54, 1.807) is 0 Å². The molecule has 3 nitrogen and oxygen atoms in total. The zero-order valence-corrected chi connectivity index (χ0v) is 14.3. The van der Waals surface area contributed by atoms with Crippen LogP contribution >= 0.6 is 31.9 Å². The van der Waals surface area contributed by atoms with Gasteiger partial charge in [0.2, 0.25) is 0 Å². The average molecular weight is 388 g/mol. The minimum atomic E-state index is 0.0497. The topological polar surface area (TPSA) is 38.1 Å². The van der Waals surface area contributed by atoms with Crippen molar-refractivity contribution in [2.75, 3.05) is 0 Å². The molecule has 0 unspecified atom stereocenters. The molecule has 1 heterocycles. The lowest BCUT2D eigenvalue weighted by molar-refractivity contribution is 0.421.